The molecule has 1 aromatic carbocycles. The van der Waals surface area contributed by atoms with Crippen molar-refractivity contribution in [2.24, 2.45) is 5.92 Å². The first-order valence-corrected chi connectivity index (χ1v) is 8.75. The molecule has 4 nitrogen and oxygen atoms in total. The predicted octanol–water partition coefficient (Wildman–Crippen LogP) is 3.09. The second-order valence-electron chi connectivity index (χ2n) is 5.59. The molecule has 0 aromatic heterocycles. The van der Waals surface area contributed by atoms with Gasteiger partial charge in [-0.15, -0.1) is 0 Å². The Hall–Kier alpha value is -0.780. The van der Waals surface area contributed by atoms with E-state index < -0.39 is 10.0 Å². The van der Waals surface area contributed by atoms with Crippen LogP contribution in [0.1, 0.15) is 38.2 Å². The SMILES string of the molecule is Cc1cc(Cl)c(N)cc1S(=O)(=O)NC(C)C1CCCC1. The van der Waals surface area contributed by atoms with E-state index in [0.29, 0.717) is 16.5 Å². The molecule has 0 saturated heterocycles. The molecular weight excluding hydrogens is 296 g/mol. The van der Waals surface area contributed by atoms with Crippen LogP contribution in [0.3, 0.4) is 0 Å². The predicted molar refractivity (Wildman–Crippen MR) is 82.3 cm³/mol. The van der Waals surface area contributed by atoms with Gasteiger partial charge in [0.15, 0.2) is 0 Å². The summed E-state index contributed by atoms with van der Waals surface area (Å²) in [7, 11) is -3.56. The first-order valence-electron chi connectivity index (χ1n) is 6.89. The minimum absolute atomic E-state index is 0.0567. The van der Waals surface area contributed by atoms with Crippen LogP contribution in [0.25, 0.3) is 0 Å². The Balaban J connectivity index is 2.24. The standard InChI is InChI=1S/C14H21ClN2O2S/c1-9-7-12(15)13(16)8-14(9)20(18,19)17-10(2)11-5-3-4-6-11/h7-8,10-11,17H,3-6,16H2,1-2H3. The number of nitrogens with one attached hydrogen (secondary N) is 1. The van der Waals surface area contributed by atoms with Gasteiger partial charge < -0.3 is 5.73 Å². The van der Waals surface area contributed by atoms with Crippen molar-refractivity contribution in [3.63, 3.8) is 0 Å². The molecule has 1 aliphatic carbocycles. The summed E-state index contributed by atoms with van der Waals surface area (Å²) in [5.41, 5.74) is 6.61. The normalized spacial score (nSPS) is 18.4. The van der Waals surface area contributed by atoms with E-state index in [1.165, 1.54) is 18.9 Å². The molecule has 20 heavy (non-hydrogen) atoms. The third-order valence-electron chi connectivity index (χ3n) is 4.03. The summed E-state index contributed by atoms with van der Waals surface area (Å²) in [6.07, 6.45) is 4.55. The van der Waals surface area contributed by atoms with Gasteiger partial charge in [0, 0.05) is 6.04 Å². The molecule has 0 heterocycles. The van der Waals surface area contributed by atoms with Crippen LogP contribution in [0.5, 0.6) is 0 Å². The number of benzene rings is 1. The summed E-state index contributed by atoms with van der Waals surface area (Å²) in [6.45, 7) is 3.66. The number of hydrogen-bond donors (Lipinski definition) is 2. The lowest BCUT2D eigenvalue weighted by Crippen LogP contribution is -2.37. The first kappa shape index (κ1) is 15.6. The number of hydrogen-bond acceptors (Lipinski definition) is 3. The van der Waals surface area contributed by atoms with E-state index in [1.807, 2.05) is 6.92 Å². The minimum atomic E-state index is -3.56. The fraction of sp³-hybridized carbons (Fsp3) is 0.571. The van der Waals surface area contributed by atoms with Gasteiger partial charge >= 0.3 is 0 Å². The van der Waals surface area contributed by atoms with Crippen molar-refractivity contribution in [1.29, 1.82) is 0 Å². The van der Waals surface area contributed by atoms with Gasteiger partial charge in [0.05, 0.1) is 15.6 Å². The van der Waals surface area contributed by atoms with Gasteiger partial charge in [-0.25, -0.2) is 13.1 Å². The molecule has 0 aliphatic heterocycles. The molecule has 0 radical (unpaired) electrons. The zero-order valence-corrected chi connectivity index (χ0v) is 13.4. The van der Waals surface area contributed by atoms with E-state index in [9.17, 15) is 8.42 Å². The Kier molecular flexibility index (Phi) is 4.62. The number of sulfonamides is 1. The van der Waals surface area contributed by atoms with Crippen molar-refractivity contribution in [2.45, 2.75) is 50.5 Å². The highest BCUT2D eigenvalue weighted by molar-refractivity contribution is 7.89. The summed E-state index contributed by atoms with van der Waals surface area (Å²) in [5, 5.41) is 0.380. The molecule has 1 fully saturated rings. The van der Waals surface area contributed by atoms with Crippen molar-refractivity contribution < 1.29 is 8.42 Å². The maximum absolute atomic E-state index is 12.5. The number of aryl methyl sites for hydroxylation is 1. The topological polar surface area (TPSA) is 72.2 Å². The van der Waals surface area contributed by atoms with E-state index in [1.54, 1.807) is 13.0 Å². The lowest BCUT2D eigenvalue weighted by atomic mass is 10.0. The minimum Gasteiger partial charge on any atom is -0.397 e. The van der Waals surface area contributed by atoms with Crippen LogP contribution in [0.4, 0.5) is 5.69 Å². The Morgan fingerprint density at radius 1 is 1.35 bits per heavy atom. The molecule has 3 N–H and O–H groups in total. The van der Waals surface area contributed by atoms with Crippen LogP contribution in [0.2, 0.25) is 5.02 Å². The van der Waals surface area contributed by atoms with E-state index in [2.05, 4.69) is 4.72 Å². The smallest absolute Gasteiger partial charge is 0.241 e. The highest BCUT2D eigenvalue weighted by Crippen LogP contribution is 2.30. The van der Waals surface area contributed by atoms with Gasteiger partial charge in [0.25, 0.3) is 0 Å². The fourth-order valence-electron chi connectivity index (χ4n) is 2.82. The van der Waals surface area contributed by atoms with Crippen molar-refractivity contribution >= 4 is 27.3 Å². The maximum atomic E-state index is 12.5. The van der Waals surface area contributed by atoms with Gasteiger partial charge in [-0.2, -0.15) is 0 Å². The lowest BCUT2D eigenvalue weighted by Gasteiger charge is -2.21. The van der Waals surface area contributed by atoms with Crippen LogP contribution in [0, 0.1) is 12.8 Å². The van der Waals surface area contributed by atoms with Crippen LogP contribution in [-0.2, 0) is 10.0 Å². The molecule has 1 atom stereocenters. The van der Waals surface area contributed by atoms with Crippen LogP contribution >= 0.6 is 11.6 Å². The molecule has 0 bridgehead atoms. The van der Waals surface area contributed by atoms with E-state index in [-0.39, 0.29) is 16.6 Å². The van der Waals surface area contributed by atoms with Gasteiger partial charge in [-0.1, -0.05) is 24.4 Å². The Bertz CT molecular complexity index is 595. The molecular formula is C14H21ClN2O2S. The molecule has 1 saturated carbocycles. The average Bonchev–Trinajstić information content (AvgIpc) is 2.86. The van der Waals surface area contributed by atoms with Crippen LogP contribution < -0.4 is 10.5 Å². The molecule has 1 aromatic rings. The third-order valence-corrected chi connectivity index (χ3v) is 6.06. The number of halogens is 1. The second kappa shape index (κ2) is 5.92. The van der Waals surface area contributed by atoms with Gasteiger partial charge in [-0.05, 0) is 50.3 Å². The van der Waals surface area contributed by atoms with Crippen LogP contribution in [0.15, 0.2) is 17.0 Å². The van der Waals surface area contributed by atoms with E-state index in [0.717, 1.165) is 12.8 Å². The molecule has 1 unspecified atom stereocenters. The zero-order valence-electron chi connectivity index (χ0n) is 11.8. The van der Waals surface area contributed by atoms with Gasteiger partial charge in [0.1, 0.15) is 0 Å². The summed E-state index contributed by atoms with van der Waals surface area (Å²) in [6, 6.07) is 2.96. The van der Waals surface area contributed by atoms with Crippen molar-refractivity contribution in [3.05, 3.63) is 22.7 Å². The fourth-order valence-corrected chi connectivity index (χ4v) is 4.61. The number of rotatable bonds is 4. The zero-order chi connectivity index (χ0) is 14.9. The number of nitrogen functional groups attached to an aromatic ring is 1. The van der Waals surface area contributed by atoms with Crippen LogP contribution in [-0.4, -0.2) is 14.5 Å². The molecule has 0 spiro atoms. The lowest BCUT2D eigenvalue weighted by molar-refractivity contribution is 0.424. The summed E-state index contributed by atoms with van der Waals surface area (Å²) in [5.74, 6) is 0.426. The van der Waals surface area contributed by atoms with Gasteiger partial charge in [0.2, 0.25) is 10.0 Å². The number of nitrogens with two attached hydrogens (primary N) is 1. The molecule has 0 amide bonds. The Morgan fingerprint density at radius 2 is 1.95 bits per heavy atom. The summed E-state index contributed by atoms with van der Waals surface area (Å²) < 4.78 is 27.7. The largest absolute Gasteiger partial charge is 0.397 e. The molecule has 1 aliphatic rings. The average molecular weight is 317 g/mol. The summed E-state index contributed by atoms with van der Waals surface area (Å²) >= 11 is 5.91. The highest BCUT2D eigenvalue weighted by Gasteiger charge is 2.27. The quantitative estimate of drug-likeness (QED) is 0.838. The van der Waals surface area contributed by atoms with Gasteiger partial charge in [-0.3, -0.25) is 0 Å². The van der Waals surface area contributed by atoms with Crippen molar-refractivity contribution in [2.75, 3.05) is 5.73 Å². The highest BCUT2D eigenvalue weighted by atomic mass is 35.5. The second-order valence-corrected chi connectivity index (χ2v) is 7.68. The number of anilines is 1. The maximum Gasteiger partial charge on any atom is 0.241 e. The molecule has 112 valence electrons. The Labute approximate surface area is 125 Å². The van der Waals surface area contributed by atoms with E-state index >= 15 is 0 Å². The van der Waals surface area contributed by atoms with Crippen molar-refractivity contribution in [3.8, 4) is 0 Å². The first-order chi connectivity index (χ1) is 9.31. The summed E-state index contributed by atoms with van der Waals surface area (Å²) in [4.78, 5) is 0.212. The van der Waals surface area contributed by atoms with Crippen molar-refractivity contribution in [1.82, 2.24) is 4.72 Å². The molecule has 6 heteroatoms. The monoisotopic (exact) mass is 316 g/mol. The Morgan fingerprint density at radius 3 is 2.55 bits per heavy atom. The van der Waals surface area contributed by atoms with E-state index in [4.69, 9.17) is 17.3 Å². The third kappa shape index (κ3) is 3.27. The molecule has 2 rings (SSSR count).